The van der Waals surface area contributed by atoms with E-state index in [1.54, 1.807) is 19.1 Å². The fourth-order valence-corrected chi connectivity index (χ4v) is 2.45. The van der Waals surface area contributed by atoms with Gasteiger partial charge in [-0.05, 0) is 31.4 Å². The number of rotatable bonds is 5. The topological polar surface area (TPSA) is 81.4 Å². The molecule has 2 aromatic rings. The van der Waals surface area contributed by atoms with E-state index in [1.807, 2.05) is 19.9 Å². The fourth-order valence-electron chi connectivity index (χ4n) is 2.45. The van der Waals surface area contributed by atoms with Gasteiger partial charge in [-0.3, -0.25) is 4.79 Å². The summed E-state index contributed by atoms with van der Waals surface area (Å²) in [4.78, 5) is 24.6. The number of aryl methyl sites for hydroxylation is 3. The molecule has 23 heavy (non-hydrogen) atoms. The van der Waals surface area contributed by atoms with E-state index in [0.29, 0.717) is 41.1 Å². The molecule has 0 saturated heterocycles. The van der Waals surface area contributed by atoms with Crippen molar-refractivity contribution >= 4 is 17.6 Å². The Hall–Kier alpha value is -2.63. The van der Waals surface area contributed by atoms with Crippen molar-refractivity contribution in [1.82, 2.24) is 5.16 Å². The molecule has 0 radical (unpaired) electrons. The molecule has 1 heterocycles. The van der Waals surface area contributed by atoms with E-state index in [9.17, 15) is 9.59 Å². The van der Waals surface area contributed by atoms with Gasteiger partial charge in [0.2, 0.25) is 0 Å². The lowest BCUT2D eigenvalue weighted by atomic mass is 10.0. The molecule has 0 atom stereocenters. The third-order valence-corrected chi connectivity index (χ3v) is 3.67. The fraction of sp³-hybridized carbons (Fsp3) is 0.353. The Balaban J connectivity index is 2.44. The average Bonchev–Trinajstić information content (AvgIpc) is 2.95. The number of para-hydroxylation sites is 1. The lowest BCUT2D eigenvalue weighted by Crippen LogP contribution is -2.18. The van der Waals surface area contributed by atoms with E-state index in [4.69, 9.17) is 9.26 Å². The van der Waals surface area contributed by atoms with Crippen molar-refractivity contribution in [2.75, 3.05) is 12.4 Å². The van der Waals surface area contributed by atoms with Gasteiger partial charge in [0, 0.05) is 0 Å². The second kappa shape index (κ2) is 7.09. The van der Waals surface area contributed by atoms with Crippen LogP contribution in [0.25, 0.3) is 0 Å². The number of esters is 1. The molecule has 0 fully saturated rings. The van der Waals surface area contributed by atoms with Gasteiger partial charge in [-0.25, -0.2) is 4.79 Å². The first-order valence-electron chi connectivity index (χ1n) is 7.50. The highest BCUT2D eigenvalue weighted by molar-refractivity contribution is 6.09. The molecule has 0 aliphatic rings. The number of nitrogens with one attached hydrogen (secondary N) is 1. The van der Waals surface area contributed by atoms with Crippen LogP contribution in [0.5, 0.6) is 0 Å². The van der Waals surface area contributed by atoms with Crippen LogP contribution in [0.1, 0.15) is 51.6 Å². The van der Waals surface area contributed by atoms with Gasteiger partial charge in [-0.15, -0.1) is 0 Å². The van der Waals surface area contributed by atoms with E-state index in [2.05, 4.69) is 10.5 Å². The molecule has 0 aliphatic heterocycles. The van der Waals surface area contributed by atoms with Crippen LogP contribution in [-0.2, 0) is 17.6 Å². The summed E-state index contributed by atoms with van der Waals surface area (Å²) in [5.74, 6) is -0.382. The van der Waals surface area contributed by atoms with Crippen LogP contribution in [0.2, 0.25) is 0 Å². The number of carbonyl (C=O) groups is 2. The van der Waals surface area contributed by atoms with Crippen molar-refractivity contribution in [2.24, 2.45) is 0 Å². The van der Waals surface area contributed by atoms with Gasteiger partial charge in [0.05, 0.1) is 24.1 Å². The maximum absolute atomic E-state index is 12.6. The molecule has 6 heteroatoms. The van der Waals surface area contributed by atoms with Crippen LogP contribution < -0.4 is 5.32 Å². The van der Waals surface area contributed by atoms with E-state index in [0.717, 1.165) is 5.56 Å². The average molecular weight is 316 g/mol. The second-order valence-electron chi connectivity index (χ2n) is 5.05. The van der Waals surface area contributed by atoms with Crippen molar-refractivity contribution < 1.29 is 18.8 Å². The van der Waals surface area contributed by atoms with E-state index >= 15 is 0 Å². The van der Waals surface area contributed by atoms with Crippen LogP contribution in [-0.4, -0.2) is 24.1 Å². The number of anilines is 1. The molecule has 122 valence electrons. The molecule has 0 spiro atoms. The van der Waals surface area contributed by atoms with Gasteiger partial charge < -0.3 is 14.6 Å². The molecule has 0 aliphatic carbocycles. The summed E-state index contributed by atoms with van der Waals surface area (Å²) in [6.45, 7) is 5.54. The molecule has 6 nitrogen and oxygen atoms in total. The highest BCUT2D eigenvalue weighted by atomic mass is 16.5. The molecule has 1 aromatic carbocycles. The summed E-state index contributed by atoms with van der Waals surface area (Å²) in [5.41, 5.74) is 2.65. The largest absolute Gasteiger partial charge is 0.465 e. The first-order valence-corrected chi connectivity index (χ1v) is 7.50. The van der Waals surface area contributed by atoms with E-state index < -0.39 is 5.97 Å². The predicted molar refractivity (Wildman–Crippen MR) is 85.7 cm³/mol. The predicted octanol–water partition coefficient (Wildman–Crippen LogP) is 3.15. The van der Waals surface area contributed by atoms with Gasteiger partial charge >= 0.3 is 5.97 Å². The SMILES string of the molecule is CCc1cccc(C(=O)OC)c1NC(=O)c1c(CC)noc1C. The molecule has 1 N–H and O–H groups in total. The second-order valence-corrected chi connectivity index (χ2v) is 5.05. The third kappa shape index (κ3) is 3.26. The summed E-state index contributed by atoms with van der Waals surface area (Å²) in [6, 6.07) is 5.26. The maximum Gasteiger partial charge on any atom is 0.339 e. The summed E-state index contributed by atoms with van der Waals surface area (Å²) < 4.78 is 9.89. The highest BCUT2D eigenvalue weighted by Crippen LogP contribution is 2.25. The monoisotopic (exact) mass is 316 g/mol. The number of nitrogens with zero attached hydrogens (tertiary/aromatic N) is 1. The number of amides is 1. The lowest BCUT2D eigenvalue weighted by molar-refractivity contribution is 0.0602. The third-order valence-electron chi connectivity index (χ3n) is 3.67. The number of aromatic nitrogens is 1. The number of carbonyl (C=O) groups excluding carboxylic acids is 2. The summed E-state index contributed by atoms with van der Waals surface area (Å²) in [6.07, 6.45) is 1.25. The Kier molecular flexibility index (Phi) is 5.16. The van der Waals surface area contributed by atoms with Crippen molar-refractivity contribution in [3.63, 3.8) is 0 Å². The van der Waals surface area contributed by atoms with E-state index in [1.165, 1.54) is 7.11 Å². The minimum absolute atomic E-state index is 0.326. The maximum atomic E-state index is 12.6. The Morgan fingerprint density at radius 3 is 2.61 bits per heavy atom. The molecule has 0 bridgehead atoms. The van der Waals surface area contributed by atoms with Crippen LogP contribution >= 0.6 is 0 Å². The minimum atomic E-state index is -0.492. The van der Waals surface area contributed by atoms with Crippen molar-refractivity contribution in [2.45, 2.75) is 33.6 Å². The zero-order valence-electron chi connectivity index (χ0n) is 13.7. The van der Waals surface area contributed by atoms with Crippen LogP contribution in [0.4, 0.5) is 5.69 Å². The van der Waals surface area contributed by atoms with Gasteiger partial charge in [0.1, 0.15) is 11.3 Å². The number of hydrogen-bond donors (Lipinski definition) is 1. The zero-order valence-corrected chi connectivity index (χ0v) is 13.7. The normalized spacial score (nSPS) is 10.4. The summed E-state index contributed by atoms with van der Waals surface area (Å²) in [7, 11) is 1.31. The number of benzene rings is 1. The number of hydrogen-bond acceptors (Lipinski definition) is 5. The molecule has 2 rings (SSSR count). The molecular formula is C17H20N2O4. The van der Waals surface area contributed by atoms with Crippen molar-refractivity contribution in [1.29, 1.82) is 0 Å². The minimum Gasteiger partial charge on any atom is -0.465 e. The quantitative estimate of drug-likeness (QED) is 0.857. The summed E-state index contributed by atoms with van der Waals surface area (Å²) >= 11 is 0. The van der Waals surface area contributed by atoms with Gasteiger partial charge in [0.25, 0.3) is 5.91 Å². The first-order chi connectivity index (χ1) is 11.0. The van der Waals surface area contributed by atoms with Crippen LogP contribution in [0, 0.1) is 6.92 Å². The number of methoxy groups -OCH3 is 1. The Labute approximate surface area is 134 Å². The molecular weight excluding hydrogens is 296 g/mol. The molecule has 1 amide bonds. The molecule has 0 saturated carbocycles. The zero-order chi connectivity index (χ0) is 17.0. The number of ether oxygens (including phenoxy) is 1. The van der Waals surface area contributed by atoms with E-state index in [-0.39, 0.29) is 5.91 Å². The lowest BCUT2D eigenvalue weighted by Gasteiger charge is -2.14. The van der Waals surface area contributed by atoms with Gasteiger partial charge in [-0.2, -0.15) is 0 Å². The highest BCUT2D eigenvalue weighted by Gasteiger charge is 2.22. The van der Waals surface area contributed by atoms with Crippen LogP contribution in [0.3, 0.4) is 0 Å². The van der Waals surface area contributed by atoms with Crippen molar-refractivity contribution in [3.8, 4) is 0 Å². The van der Waals surface area contributed by atoms with Gasteiger partial charge in [-0.1, -0.05) is 31.1 Å². The van der Waals surface area contributed by atoms with Crippen LogP contribution in [0.15, 0.2) is 22.7 Å². The Bertz CT molecular complexity index is 734. The van der Waals surface area contributed by atoms with Crippen molar-refractivity contribution in [3.05, 3.63) is 46.3 Å². The molecule has 1 aromatic heterocycles. The smallest absolute Gasteiger partial charge is 0.339 e. The first kappa shape index (κ1) is 16.7. The Morgan fingerprint density at radius 1 is 1.26 bits per heavy atom. The Morgan fingerprint density at radius 2 is 2.00 bits per heavy atom. The van der Waals surface area contributed by atoms with Gasteiger partial charge in [0.15, 0.2) is 0 Å². The standard InChI is InChI=1S/C17H20N2O4/c1-5-11-8-7-9-12(17(21)22-4)15(11)18-16(20)14-10(3)23-19-13(14)6-2/h7-9H,5-6H2,1-4H3,(H,18,20). The molecule has 0 unspecified atom stereocenters. The summed E-state index contributed by atoms with van der Waals surface area (Å²) in [5, 5.41) is 6.71.